The van der Waals surface area contributed by atoms with E-state index in [1.54, 1.807) is 0 Å². The summed E-state index contributed by atoms with van der Waals surface area (Å²) < 4.78 is 2.43. The Morgan fingerprint density at radius 1 is 0.500 bits per heavy atom. The third-order valence-corrected chi connectivity index (χ3v) is 12.1. The van der Waals surface area contributed by atoms with Crippen molar-refractivity contribution in [2.24, 2.45) is 10.7 Å². The molecule has 1 aromatic heterocycles. The molecule has 0 aliphatic rings. The van der Waals surface area contributed by atoms with E-state index in [1.807, 2.05) is 30.3 Å². The molecule has 0 aliphatic heterocycles. The Labute approximate surface area is 360 Å². The number of nitrogens with two attached hydrogens (primary N) is 1. The molecular formula is C57H43N5. The number of para-hydroxylation sites is 3. The molecule has 62 heavy (non-hydrogen) atoms. The van der Waals surface area contributed by atoms with Crippen LogP contribution < -0.4 is 16.4 Å². The smallest absolute Gasteiger partial charge is 0.131 e. The molecule has 0 amide bonds. The molecular weight excluding hydrogens is 755 g/mol. The van der Waals surface area contributed by atoms with Crippen molar-refractivity contribution in [3.05, 3.63) is 230 Å². The van der Waals surface area contributed by atoms with E-state index >= 15 is 0 Å². The number of nitrogens with one attached hydrogen (secondary N) is 2. The van der Waals surface area contributed by atoms with E-state index in [-0.39, 0.29) is 0 Å². The first-order chi connectivity index (χ1) is 30.7. The zero-order valence-corrected chi connectivity index (χ0v) is 34.0. The highest BCUT2D eigenvalue weighted by Crippen LogP contribution is 2.48. The average Bonchev–Trinajstić information content (AvgIpc) is 3.67. The number of aromatic nitrogens is 1. The van der Waals surface area contributed by atoms with Crippen molar-refractivity contribution >= 4 is 71.3 Å². The summed E-state index contributed by atoms with van der Waals surface area (Å²) in [6.07, 6.45) is -0.575. The number of benzene rings is 10. The van der Waals surface area contributed by atoms with Crippen LogP contribution in [-0.4, -0.2) is 10.4 Å². The second-order valence-electron chi connectivity index (χ2n) is 15.8. The van der Waals surface area contributed by atoms with Crippen LogP contribution in [0.1, 0.15) is 17.3 Å². The molecule has 0 radical (unpaired) electrons. The molecule has 1 atom stereocenters. The van der Waals surface area contributed by atoms with Crippen molar-refractivity contribution in [1.29, 1.82) is 0 Å². The average molecular weight is 798 g/mol. The number of nitrogens with zero attached hydrogens (tertiary/aromatic N) is 2. The highest BCUT2D eigenvalue weighted by molar-refractivity contribution is 6.39. The lowest BCUT2D eigenvalue weighted by Gasteiger charge is -2.20. The number of hydrogen-bond acceptors (Lipinski definition) is 3. The molecule has 5 heteroatoms. The van der Waals surface area contributed by atoms with E-state index in [9.17, 15) is 0 Å². The molecule has 1 unspecified atom stereocenters. The lowest BCUT2D eigenvalue weighted by molar-refractivity contribution is 0.694. The van der Waals surface area contributed by atoms with Gasteiger partial charge in [0.25, 0.3) is 0 Å². The van der Waals surface area contributed by atoms with Crippen LogP contribution in [-0.2, 0) is 6.67 Å². The van der Waals surface area contributed by atoms with Gasteiger partial charge in [0.2, 0.25) is 0 Å². The van der Waals surface area contributed by atoms with E-state index in [0.717, 1.165) is 45.0 Å². The molecule has 4 N–H and O–H groups in total. The Bertz CT molecular complexity index is 3430. The Balaban J connectivity index is 1.10. The third kappa shape index (κ3) is 6.62. The third-order valence-electron chi connectivity index (χ3n) is 12.1. The molecule has 0 fully saturated rings. The van der Waals surface area contributed by atoms with Gasteiger partial charge in [-0.1, -0.05) is 188 Å². The molecule has 5 nitrogen and oxygen atoms in total. The second kappa shape index (κ2) is 15.9. The fraction of sp³-hybridized carbons (Fsp3) is 0.0351. The van der Waals surface area contributed by atoms with Crippen LogP contribution in [0.4, 0.5) is 11.4 Å². The SMILES string of the molecule is NC(/N=C(\NCn1c2ccccc2c2c3c4ccccc4cc(-c4ccccc4Nc4ccccc4)c3c3ccccc3c21)c1ccccc1)c1ccc(-c2ccccc2)cc1. The maximum Gasteiger partial charge on any atom is 0.131 e. The molecule has 11 rings (SSSR count). The van der Waals surface area contributed by atoms with Crippen LogP contribution in [0.5, 0.6) is 0 Å². The first-order valence-electron chi connectivity index (χ1n) is 21.2. The molecule has 11 aromatic rings. The summed E-state index contributed by atoms with van der Waals surface area (Å²) in [7, 11) is 0. The fourth-order valence-electron chi connectivity index (χ4n) is 9.20. The standard InChI is InChI=1S/C57H43N5/c58-56(40-34-32-39(33-35-40)38-18-4-1-5-19-38)61-57(41-20-6-2-7-21-41)59-37-62-51-31-17-15-29-48(51)54-53-44-25-11-10-22-42(44)36-49(52(53)46-27-12-13-28-47(46)55(54)62)45-26-14-16-30-50(45)60-43-23-8-3-9-24-43/h1-36,56,60H,37,58H2,(H,59,61). The molecule has 10 aromatic carbocycles. The number of rotatable bonds is 9. The normalized spacial score (nSPS) is 12.4. The first kappa shape index (κ1) is 37.0. The Morgan fingerprint density at radius 3 is 1.87 bits per heavy atom. The van der Waals surface area contributed by atoms with Crippen molar-refractivity contribution in [3.8, 4) is 22.3 Å². The second-order valence-corrected chi connectivity index (χ2v) is 15.8. The monoisotopic (exact) mass is 797 g/mol. The van der Waals surface area contributed by atoms with Gasteiger partial charge in [-0.2, -0.15) is 0 Å². The first-order valence-corrected chi connectivity index (χ1v) is 21.2. The highest BCUT2D eigenvalue weighted by atomic mass is 15.2. The molecule has 0 spiro atoms. The highest BCUT2D eigenvalue weighted by Gasteiger charge is 2.23. The summed E-state index contributed by atoms with van der Waals surface area (Å²) >= 11 is 0. The molecule has 0 saturated carbocycles. The summed E-state index contributed by atoms with van der Waals surface area (Å²) in [5.41, 5.74) is 17.9. The van der Waals surface area contributed by atoms with Crippen molar-refractivity contribution < 1.29 is 0 Å². The van der Waals surface area contributed by atoms with Gasteiger partial charge in [0.15, 0.2) is 0 Å². The van der Waals surface area contributed by atoms with Crippen LogP contribution in [0.25, 0.3) is 76.4 Å². The minimum absolute atomic E-state index is 0.467. The summed E-state index contributed by atoms with van der Waals surface area (Å²) in [5, 5.41) is 17.3. The minimum atomic E-state index is -0.575. The van der Waals surface area contributed by atoms with Gasteiger partial charge in [-0.05, 0) is 74.1 Å². The summed E-state index contributed by atoms with van der Waals surface area (Å²) in [6.45, 7) is 0.467. The Kier molecular flexibility index (Phi) is 9.49. The molecule has 296 valence electrons. The molecule has 0 aliphatic carbocycles. The number of aliphatic imine (C=N–C) groups is 1. The summed E-state index contributed by atoms with van der Waals surface area (Å²) in [6, 6.07) is 77.1. The van der Waals surface area contributed by atoms with Gasteiger partial charge in [0, 0.05) is 44.0 Å². The van der Waals surface area contributed by atoms with Gasteiger partial charge in [-0.15, -0.1) is 0 Å². The fourth-order valence-corrected chi connectivity index (χ4v) is 9.20. The zero-order valence-electron chi connectivity index (χ0n) is 34.0. The lowest BCUT2D eigenvalue weighted by atomic mass is 9.87. The van der Waals surface area contributed by atoms with Gasteiger partial charge >= 0.3 is 0 Å². The van der Waals surface area contributed by atoms with Gasteiger partial charge in [0.1, 0.15) is 12.0 Å². The van der Waals surface area contributed by atoms with Crippen LogP contribution in [0.15, 0.2) is 223 Å². The largest absolute Gasteiger partial charge is 0.355 e. The number of anilines is 2. The molecule has 1 heterocycles. The molecule has 0 bridgehead atoms. The number of fused-ring (bicyclic) bond motifs is 10. The quantitative estimate of drug-likeness (QED) is 0.0774. The van der Waals surface area contributed by atoms with Crippen molar-refractivity contribution in [2.75, 3.05) is 5.32 Å². The summed E-state index contributed by atoms with van der Waals surface area (Å²) in [4.78, 5) is 5.18. The van der Waals surface area contributed by atoms with Crippen LogP contribution in [0, 0.1) is 0 Å². The Hall–Kier alpha value is -7.99. The zero-order chi connectivity index (χ0) is 41.4. The lowest BCUT2D eigenvalue weighted by Crippen LogP contribution is -2.28. The van der Waals surface area contributed by atoms with Crippen molar-refractivity contribution in [1.82, 2.24) is 9.88 Å². The summed E-state index contributed by atoms with van der Waals surface area (Å²) in [5.74, 6) is 0.733. The van der Waals surface area contributed by atoms with Gasteiger partial charge < -0.3 is 20.9 Å². The number of hydrogen-bond donors (Lipinski definition) is 3. The van der Waals surface area contributed by atoms with Gasteiger partial charge in [-0.25, -0.2) is 4.99 Å². The van der Waals surface area contributed by atoms with Gasteiger partial charge in [-0.3, -0.25) is 0 Å². The van der Waals surface area contributed by atoms with Crippen molar-refractivity contribution in [2.45, 2.75) is 12.8 Å². The van der Waals surface area contributed by atoms with Gasteiger partial charge in [0.05, 0.1) is 17.7 Å². The van der Waals surface area contributed by atoms with Crippen LogP contribution in [0.3, 0.4) is 0 Å². The van der Waals surface area contributed by atoms with Crippen LogP contribution in [0.2, 0.25) is 0 Å². The predicted octanol–water partition coefficient (Wildman–Crippen LogP) is 14.0. The number of amidine groups is 1. The minimum Gasteiger partial charge on any atom is -0.355 e. The maximum absolute atomic E-state index is 6.92. The van der Waals surface area contributed by atoms with Crippen molar-refractivity contribution in [3.63, 3.8) is 0 Å². The van der Waals surface area contributed by atoms with Crippen LogP contribution >= 0.6 is 0 Å². The maximum atomic E-state index is 6.92. The van der Waals surface area contributed by atoms with E-state index in [2.05, 4.69) is 203 Å². The predicted molar refractivity (Wildman–Crippen MR) is 262 cm³/mol. The Morgan fingerprint density at radius 2 is 1.10 bits per heavy atom. The topological polar surface area (TPSA) is 67.4 Å². The molecule has 0 saturated heterocycles. The van der Waals surface area contributed by atoms with E-state index in [0.29, 0.717) is 6.67 Å². The van der Waals surface area contributed by atoms with E-state index in [1.165, 1.54) is 59.7 Å². The van der Waals surface area contributed by atoms with E-state index < -0.39 is 6.17 Å². The van der Waals surface area contributed by atoms with E-state index in [4.69, 9.17) is 10.7 Å².